The Hall–Kier alpha value is -0.610. The number of alkyl halides is 1. The van der Waals surface area contributed by atoms with Gasteiger partial charge in [-0.25, -0.2) is 0 Å². The first-order valence-corrected chi connectivity index (χ1v) is 6.45. The molecular formula is C10H10BrNOS. The summed E-state index contributed by atoms with van der Waals surface area (Å²) in [5, 5.41) is 3.73. The zero-order valence-corrected chi connectivity index (χ0v) is 9.97. The van der Waals surface area contributed by atoms with Gasteiger partial charge in [0.15, 0.2) is 0 Å². The first-order valence-electron chi connectivity index (χ1n) is 4.45. The predicted molar refractivity (Wildman–Crippen MR) is 64.5 cm³/mol. The molecule has 2 nitrogen and oxygen atoms in total. The van der Waals surface area contributed by atoms with E-state index in [1.165, 1.54) is 0 Å². The molecule has 0 radical (unpaired) electrons. The summed E-state index contributed by atoms with van der Waals surface area (Å²) in [5.41, 5.74) is 0.129. The summed E-state index contributed by atoms with van der Waals surface area (Å²) >= 11 is 4.97. The Morgan fingerprint density at radius 2 is 2.29 bits per heavy atom. The highest BCUT2D eigenvalue weighted by Crippen LogP contribution is 2.16. The number of aromatic nitrogens is 1. The molecule has 0 saturated heterocycles. The number of halogens is 1. The Morgan fingerprint density at radius 1 is 1.43 bits per heavy atom. The molecule has 0 aliphatic rings. The van der Waals surface area contributed by atoms with Crippen LogP contribution >= 0.6 is 27.3 Å². The van der Waals surface area contributed by atoms with Crippen molar-refractivity contribution in [1.82, 2.24) is 4.57 Å². The third-order valence-corrected chi connectivity index (χ3v) is 3.57. The Kier molecular flexibility index (Phi) is 3.03. The van der Waals surface area contributed by atoms with Gasteiger partial charge in [0.25, 0.3) is 5.56 Å². The summed E-state index contributed by atoms with van der Waals surface area (Å²) in [7, 11) is 0. The van der Waals surface area contributed by atoms with E-state index < -0.39 is 0 Å². The average Bonchev–Trinajstić information content (AvgIpc) is 2.66. The minimum atomic E-state index is 0.129. The maximum Gasteiger partial charge on any atom is 0.259 e. The van der Waals surface area contributed by atoms with Crippen LogP contribution in [-0.4, -0.2) is 9.90 Å². The molecule has 74 valence electrons. The van der Waals surface area contributed by atoms with Crippen LogP contribution in [0.1, 0.15) is 6.42 Å². The molecule has 4 heteroatoms. The molecule has 2 aromatic rings. The van der Waals surface area contributed by atoms with E-state index in [0.29, 0.717) is 0 Å². The lowest BCUT2D eigenvalue weighted by molar-refractivity contribution is 0.666. The van der Waals surface area contributed by atoms with Gasteiger partial charge in [-0.05, 0) is 23.9 Å². The first kappa shape index (κ1) is 9.93. The number of pyridine rings is 1. The van der Waals surface area contributed by atoms with Gasteiger partial charge in [-0.15, -0.1) is 11.3 Å². The van der Waals surface area contributed by atoms with E-state index >= 15 is 0 Å². The minimum Gasteiger partial charge on any atom is -0.315 e. The van der Waals surface area contributed by atoms with Gasteiger partial charge in [-0.3, -0.25) is 4.79 Å². The van der Waals surface area contributed by atoms with Crippen LogP contribution in [0.3, 0.4) is 0 Å². The van der Waals surface area contributed by atoms with Crippen molar-refractivity contribution < 1.29 is 0 Å². The lowest BCUT2D eigenvalue weighted by Gasteiger charge is -2.03. The van der Waals surface area contributed by atoms with Gasteiger partial charge >= 0.3 is 0 Å². The lowest BCUT2D eigenvalue weighted by atomic mass is 10.3. The Labute approximate surface area is 94.3 Å². The number of fused-ring (bicyclic) bond motifs is 1. The topological polar surface area (TPSA) is 22.0 Å². The van der Waals surface area contributed by atoms with E-state index in [4.69, 9.17) is 0 Å². The highest BCUT2D eigenvalue weighted by molar-refractivity contribution is 9.09. The Morgan fingerprint density at radius 3 is 3.07 bits per heavy atom. The molecular weight excluding hydrogens is 262 g/mol. The molecule has 0 aromatic carbocycles. The van der Waals surface area contributed by atoms with Crippen LogP contribution in [-0.2, 0) is 6.54 Å². The molecule has 2 heterocycles. The summed E-state index contributed by atoms with van der Waals surface area (Å²) in [6.45, 7) is 0.788. The summed E-state index contributed by atoms with van der Waals surface area (Å²) in [4.78, 5) is 11.8. The van der Waals surface area contributed by atoms with Gasteiger partial charge in [0, 0.05) is 22.8 Å². The van der Waals surface area contributed by atoms with Crippen molar-refractivity contribution >= 4 is 37.4 Å². The third kappa shape index (κ3) is 1.77. The lowest BCUT2D eigenvalue weighted by Crippen LogP contribution is -2.18. The second-order valence-corrected chi connectivity index (χ2v) is 4.80. The molecule has 0 N–H and O–H groups in total. The zero-order valence-electron chi connectivity index (χ0n) is 7.57. The fourth-order valence-electron chi connectivity index (χ4n) is 1.41. The van der Waals surface area contributed by atoms with Gasteiger partial charge in [0.2, 0.25) is 0 Å². The molecule has 0 aliphatic heterocycles. The van der Waals surface area contributed by atoms with E-state index in [9.17, 15) is 4.79 Å². The number of hydrogen-bond acceptors (Lipinski definition) is 2. The quantitative estimate of drug-likeness (QED) is 0.787. The number of rotatable bonds is 3. The smallest absolute Gasteiger partial charge is 0.259 e. The molecule has 0 fully saturated rings. The SMILES string of the molecule is O=c1c2ccsc2ccn1CCCBr. The first-order chi connectivity index (χ1) is 6.83. The molecule has 0 unspecified atom stereocenters. The van der Waals surface area contributed by atoms with E-state index in [1.54, 1.807) is 15.9 Å². The standard InChI is InChI=1S/C10H10BrNOS/c11-4-1-5-12-6-2-9-8(10(12)13)3-7-14-9/h2-3,6-7H,1,4-5H2. The number of hydrogen-bond donors (Lipinski definition) is 0. The molecule has 0 bridgehead atoms. The van der Waals surface area contributed by atoms with Crippen LogP contribution < -0.4 is 5.56 Å². The Bertz CT molecular complexity index is 488. The molecule has 2 rings (SSSR count). The van der Waals surface area contributed by atoms with Crippen molar-refractivity contribution in [3.63, 3.8) is 0 Å². The van der Waals surface area contributed by atoms with Gasteiger partial charge < -0.3 is 4.57 Å². The van der Waals surface area contributed by atoms with Gasteiger partial charge in [0.05, 0.1) is 5.39 Å². The van der Waals surface area contributed by atoms with Crippen LogP contribution in [0.2, 0.25) is 0 Å². The maximum atomic E-state index is 11.8. The van der Waals surface area contributed by atoms with E-state index in [1.807, 2.05) is 23.7 Å². The summed E-state index contributed by atoms with van der Waals surface area (Å²) in [6, 6.07) is 3.91. The summed E-state index contributed by atoms with van der Waals surface area (Å²) in [6.07, 6.45) is 2.86. The van der Waals surface area contributed by atoms with Crippen molar-refractivity contribution in [2.45, 2.75) is 13.0 Å². The highest BCUT2D eigenvalue weighted by atomic mass is 79.9. The minimum absolute atomic E-state index is 0.129. The number of nitrogens with zero attached hydrogens (tertiary/aromatic N) is 1. The number of aryl methyl sites for hydroxylation is 1. The second kappa shape index (κ2) is 4.28. The largest absolute Gasteiger partial charge is 0.315 e. The monoisotopic (exact) mass is 271 g/mol. The van der Waals surface area contributed by atoms with Gasteiger partial charge in [0.1, 0.15) is 0 Å². The average molecular weight is 272 g/mol. The van der Waals surface area contributed by atoms with Crippen LogP contribution in [0.25, 0.3) is 10.1 Å². The summed E-state index contributed by atoms with van der Waals surface area (Å²) < 4.78 is 2.85. The molecule has 0 amide bonds. The van der Waals surface area contributed by atoms with E-state index in [-0.39, 0.29) is 5.56 Å². The van der Waals surface area contributed by atoms with E-state index in [0.717, 1.165) is 28.4 Å². The molecule has 2 aromatic heterocycles. The summed E-state index contributed by atoms with van der Waals surface area (Å²) in [5.74, 6) is 0. The van der Waals surface area contributed by atoms with Crippen LogP contribution in [0.4, 0.5) is 0 Å². The van der Waals surface area contributed by atoms with Crippen LogP contribution in [0.15, 0.2) is 28.5 Å². The zero-order chi connectivity index (χ0) is 9.97. The van der Waals surface area contributed by atoms with Crippen molar-refractivity contribution in [1.29, 1.82) is 0 Å². The molecule has 0 atom stereocenters. The van der Waals surface area contributed by atoms with Crippen LogP contribution in [0.5, 0.6) is 0 Å². The fraction of sp³-hybridized carbons (Fsp3) is 0.300. The maximum absolute atomic E-state index is 11.8. The fourth-order valence-corrected chi connectivity index (χ4v) is 2.44. The Balaban J connectivity index is 2.46. The number of thiophene rings is 1. The second-order valence-electron chi connectivity index (χ2n) is 3.06. The molecule has 14 heavy (non-hydrogen) atoms. The normalized spacial score (nSPS) is 10.9. The van der Waals surface area contributed by atoms with Crippen molar-refractivity contribution in [3.8, 4) is 0 Å². The molecule has 0 saturated carbocycles. The molecule has 0 spiro atoms. The third-order valence-electron chi connectivity index (χ3n) is 2.12. The van der Waals surface area contributed by atoms with E-state index in [2.05, 4.69) is 15.9 Å². The van der Waals surface area contributed by atoms with Gasteiger partial charge in [-0.2, -0.15) is 0 Å². The highest BCUT2D eigenvalue weighted by Gasteiger charge is 2.02. The van der Waals surface area contributed by atoms with Gasteiger partial charge in [-0.1, -0.05) is 15.9 Å². The predicted octanol–water partition coefficient (Wildman–Crippen LogP) is 2.85. The van der Waals surface area contributed by atoms with Crippen molar-refractivity contribution in [2.75, 3.05) is 5.33 Å². The van der Waals surface area contributed by atoms with Crippen molar-refractivity contribution in [2.24, 2.45) is 0 Å². The molecule has 0 aliphatic carbocycles. The van der Waals surface area contributed by atoms with Crippen molar-refractivity contribution in [3.05, 3.63) is 34.1 Å². The van der Waals surface area contributed by atoms with Crippen LogP contribution in [0, 0.1) is 0 Å².